The van der Waals surface area contributed by atoms with Crippen LogP contribution >= 0.6 is 0 Å². The number of Topliss-reactive ketones (excluding diaryl/α,β-unsaturated/α-hetero) is 1. The van der Waals surface area contributed by atoms with E-state index in [0.717, 1.165) is 0 Å². The number of carbonyl (C=O) groups excluding carboxylic acids is 3. The Labute approximate surface area is 174 Å². The minimum Gasteiger partial charge on any atom is -0.367 e. The molecule has 0 aromatic heterocycles. The Morgan fingerprint density at radius 1 is 1.00 bits per heavy atom. The predicted octanol–water partition coefficient (Wildman–Crippen LogP) is 2.58. The quantitative estimate of drug-likeness (QED) is 0.560. The van der Waals surface area contributed by atoms with E-state index in [9.17, 15) is 18.8 Å². The van der Waals surface area contributed by atoms with Gasteiger partial charge in [0.1, 0.15) is 12.4 Å². The molecule has 0 atom stereocenters. The topological polar surface area (TPSA) is 64.2 Å². The number of hydrogen-bond acceptors (Lipinski definition) is 5. The normalized spacial score (nSPS) is 17.7. The number of halogens is 1. The number of ketones is 1. The number of benzene rings is 2. The van der Waals surface area contributed by atoms with Crippen LogP contribution in [0.5, 0.6) is 0 Å². The number of urea groups is 1. The van der Waals surface area contributed by atoms with Gasteiger partial charge in [0, 0.05) is 37.4 Å². The lowest BCUT2D eigenvalue weighted by Gasteiger charge is -2.37. The van der Waals surface area contributed by atoms with Crippen LogP contribution in [-0.2, 0) is 4.79 Å². The van der Waals surface area contributed by atoms with Gasteiger partial charge in [-0.25, -0.2) is 14.1 Å². The summed E-state index contributed by atoms with van der Waals surface area (Å²) in [6, 6.07) is 13.3. The SMILES string of the molecule is CC(=O)c1ccc(N2CCN(CN3C(=O)CN(c4ccccc4)C3=O)CC2)c(F)c1. The molecule has 156 valence electrons. The fraction of sp³-hybridized carbons (Fsp3) is 0.318. The number of carbonyl (C=O) groups is 3. The molecule has 2 fully saturated rings. The van der Waals surface area contributed by atoms with Crippen molar-refractivity contribution in [3.8, 4) is 0 Å². The summed E-state index contributed by atoms with van der Waals surface area (Å²) >= 11 is 0. The fourth-order valence-corrected chi connectivity index (χ4v) is 3.80. The zero-order valence-corrected chi connectivity index (χ0v) is 16.8. The monoisotopic (exact) mass is 410 g/mol. The molecule has 7 nitrogen and oxygen atoms in total. The molecule has 0 N–H and O–H groups in total. The Bertz CT molecular complexity index is 974. The van der Waals surface area contributed by atoms with Gasteiger partial charge < -0.3 is 4.90 Å². The number of amides is 3. The van der Waals surface area contributed by atoms with Crippen LogP contribution in [0.25, 0.3) is 0 Å². The van der Waals surface area contributed by atoms with Crippen LogP contribution in [0.3, 0.4) is 0 Å². The second-order valence-electron chi connectivity index (χ2n) is 7.49. The summed E-state index contributed by atoms with van der Waals surface area (Å²) in [5, 5.41) is 0. The highest BCUT2D eigenvalue weighted by Gasteiger charge is 2.38. The molecule has 0 unspecified atom stereocenters. The molecule has 2 aliphatic rings. The van der Waals surface area contributed by atoms with Crippen LogP contribution in [0.2, 0.25) is 0 Å². The molecule has 0 saturated carbocycles. The third-order valence-electron chi connectivity index (χ3n) is 5.53. The molecule has 2 aliphatic heterocycles. The third-order valence-corrected chi connectivity index (χ3v) is 5.53. The number of anilines is 2. The van der Waals surface area contributed by atoms with Crippen molar-refractivity contribution in [2.45, 2.75) is 6.92 Å². The van der Waals surface area contributed by atoms with Crippen molar-refractivity contribution < 1.29 is 18.8 Å². The summed E-state index contributed by atoms with van der Waals surface area (Å²) in [7, 11) is 0. The smallest absolute Gasteiger partial charge is 0.332 e. The Morgan fingerprint density at radius 2 is 1.70 bits per heavy atom. The summed E-state index contributed by atoms with van der Waals surface area (Å²) in [5.74, 6) is -0.813. The Kier molecular flexibility index (Phi) is 5.50. The van der Waals surface area contributed by atoms with Gasteiger partial charge in [-0.05, 0) is 37.3 Å². The summed E-state index contributed by atoms with van der Waals surface area (Å²) in [6.07, 6.45) is 0. The molecular formula is C22H23FN4O3. The van der Waals surface area contributed by atoms with E-state index in [1.807, 2.05) is 28.0 Å². The molecule has 0 bridgehead atoms. The van der Waals surface area contributed by atoms with Crippen molar-refractivity contribution in [2.75, 3.05) is 49.2 Å². The largest absolute Gasteiger partial charge is 0.367 e. The fourth-order valence-electron chi connectivity index (χ4n) is 3.80. The van der Waals surface area contributed by atoms with E-state index >= 15 is 0 Å². The van der Waals surface area contributed by atoms with E-state index in [0.29, 0.717) is 43.1 Å². The van der Waals surface area contributed by atoms with E-state index in [2.05, 4.69) is 0 Å². The molecule has 2 aromatic rings. The first kappa shape index (κ1) is 20.0. The van der Waals surface area contributed by atoms with Crippen LogP contribution < -0.4 is 9.80 Å². The van der Waals surface area contributed by atoms with Gasteiger partial charge in [0.2, 0.25) is 0 Å². The maximum Gasteiger partial charge on any atom is 0.332 e. The molecule has 3 amide bonds. The van der Waals surface area contributed by atoms with Crippen LogP contribution in [0.4, 0.5) is 20.6 Å². The highest BCUT2D eigenvalue weighted by atomic mass is 19.1. The highest BCUT2D eigenvalue weighted by molar-refractivity contribution is 6.12. The van der Waals surface area contributed by atoms with E-state index in [1.165, 1.54) is 22.8 Å². The van der Waals surface area contributed by atoms with Gasteiger partial charge in [0.25, 0.3) is 5.91 Å². The molecule has 8 heteroatoms. The Hall–Kier alpha value is -3.26. The third kappa shape index (κ3) is 3.91. The van der Waals surface area contributed by atoms with E-state index in [-0.39, 0.29) is 30.9 Å². The lowest BCUT2D eigenvalue weighted by molar-refractivity contribution is -0.126. The second-order valence-corrected chi connectivity index (χ2v) is 7.49. The van der Waals surface area contributed by atoms with Gasteiger partial charge in [-0.1, -0.05) is 18.2 Å². The summed E-state index contributed by atoms with van der Waals surface area (Å²) in [6.45, 7) is 3.99. The first-order chi connectivity index (χ1) is 14.4. The minimum atomic E-state index is -0.417. The Balaban J connectivity index is 1.37. The highest BCUT2D eigenvalue weighted by Crippen LogP contribution is 2.24. The van der Waals surface area contributed by atoms with Crippen LogP contribution in [0, 0.1) is 5.82 Å². The zero-order valence-electron chi connectivity index (χ0n) is 16.8. The van der Waals surface area contributed by atoms with Crippen molar-refractivity contribution in [1.82, 2.24) is 9.80 Å². The molecule has 2 heterocycles. The van der Waals surface area contributed by atoms with Gasteiger partial charge in [-0.15, -0.1) is 0 Å². The predicted molar refractivity (Wildman–Crippen MR) is 111 cm³/mol. The van der Waals surface area contributed by atoms with Crippen LogP contribution in [-0.4, -0.2) is 66.9 Å². The zero-order chi connectivity index (χ0) is 21.3. The van der Waals surface area contributed by atoms with E-state index in [4.69, 9.17) is 0 Å². The first-order valence-electron chi connectivity index (χ1n) is 9.89. The molecule has 2 saturated heterocycles. The summed E-state index contributed by atoms with van der Waals surface area (Å²) in [4.78, 5) is 43.2. The van der Waals surface area contributed by atoms with Crippen molar-refractivity contribution >= 4 is 29.1 Å². The van der Waals surface area contributed by atoms with Gasteiger partial charge in [0.05, 0.1) is 12.4 Å². The van der Waals surface area contributed by atoms with Crippen LogP contribution in [0.1, 0.15) is 17.3 Å². The molecule has 30 heavy (non-hydrogen) atoms. The van der Waals surface area contributed by atoms with E-state index < -0.39 is 5.82 Å². The average Bonchev–Trinajstić information content (AvgIpc) is 3.03. The average molecular weight is 410 g/mol. The number of rotatable bonds is 5. The molecule has 0 spiro atoms. The van der Waals surface area contributed by atoms with Gasteiger partial charge in [0.15, 0.2) is 5.78 Å². The van der Waals surface area contributed by atoms with Gasteiger partial charge in [-0.2, -0.15) is 0 Å². The van der Waals surface area contributed by atoms with Gasteiger partial charge in [-0.3, -0.25) is 19.4 Å². The minimum absolute atomic E-state index is 0.0382. The number of hydrogen-bond donors (Lipinski definition) is 0. The van der Waals surface area contributed by atoms with Crippen LogP contribution in [0.15, 0.2) is 48.5 Å². The molecule has 2 aromatic carbocycles. The molecule has 0 radical (unpaired) electrons. The maximum atomic E-state index is 14.4. The molecule has 4 rings (SSSR count). The number of piperazine rings is 1. The number of imide groups is 1. The number of nitrogens with zero attached hydrogens (tertiary/aromatic N) is 4. The Morgan fingerprint density at radius 3 is 2.33 bits per heavy atom. The van der Waals surface area contributed by atoms with Crippen molar-refractivity contribution in [2.24, 2.45) is 0 Å². The lowest BCUT2D eigenvalue weighted by Crippen LogP contribution is -2.51. The van der Waals surface area contributed by atoms with Crippen molar-refractivity contribution in [3.63, 3.8) is 0 Å². The lowest BCUT2D eigenvalue weighted by atomic mass is 10.1. The molecule has 0 aliphatic carbocycles. The van der Waals surface area contributed by atoms with Gasteiger partial charge >= 0.3 is 6.03 Å². The second kappa shape index (κ2) is 8.23. The van der Waals surface area contributed by atoms with E-state index in [1.54, 1.807) is 24.3 Å². The first-order valence-corrected chi connectivity index (χ1v) is 9.89. The summed E-state index contributed by atoms with van der Waals surface area (Å²) < 4.78 is 14.4. The maximum absolute atomic E-state index is 14.4. The van der Waals surface area contributed by atoms with Crippen molar-refractivity contribution in [1.29, 1.82) is 0 Å². The standard InChI is InChI=1S/C22H23FN4O3/c1-16(28)17-7-8-20(19(23)13-17)25-11-9-24(10-12-25)15-27-21(29)14-26(22(27)30)18-5-3-2-4-6-18/h2-8,13H,9-12,14-15H2,1H3. The number of para-hydroxylation sites is 1. The summed E-state index contributed by atoms with van der Waals surface area (Å²) in [5.41, 5.74) is 1.51. The molecular weight excluding hydrogens is 387 g/mol. The van der Waals surface area contributed by atoms with Crippen molar-refractivity contribution in [3.05, 3.63) is 59.9 Å².